The van der Waals surface area contributed by atoms with Crippen molar-refractivity contribution in [1.82, 2.24) is 20.1 Å². The van der Waals surface area contributed by atoms with Crippen molar-refractivity contribution >= 4 is 17.2 Å². The zero-order valence-electron chi connectivity index (χ0n) is 13.1. The highest BCUT2D eigenvalue weighted by Crippen LogP contribution is 2.39. The van der Waals surface area contributed by atoms with Crippen molar-refractivity contribution in [3.05, 3.63) is 44.8 Å². The quantitative estimate of drug-likeness (QED) is 0.911. The molecule has 1 fully saturated rings. The zero-order valence-corrected chi connectivity index (χ0v) is 13.9. The van der Waals surface area contributed by atoms with E-state index >= 15 is 0 Å². The van der Waals surface area contributed by atoms with Crippen molar-refractivity contribution in [2.45, 2.75) is 51.1 Å². The highest BCUT2D eigenvalue weighted by Gasteiger charge is 2.39. The summed E-state index contributed by atoms with van der Waals surface area (Å²) < 4.78 is 1.35. The fourth-order valence-corrected chi connectivity index (χ4v) is 3.91. The first-order chi connectivity index (χ1) is 11.1. The smallest absolute Gasteiger partial charge is 0.272 e. The number of aryl methyl sites for hydroxylation is 1. The first-order valence-corrected chi connectivity index (χ1v) is 8.83. The van der Waals surface area contributed by atoms with Gasteiger partial charge >= 0.3 is 0 Å². The van der Waals surface area contributed by atoms with Crippen LogP contribution in [0.3, 0.4) is 0 Å². The number of rotatable bonds is 5. The van der Waals surface area contributed by atoms with Crippen LogP contribution in [0.25, 0.3) is 0 Å². The Balaban J connectivity index is 1.86. The molecule has 0 atom stereocenters. The lowest BCUT2D eigenvalue weighted by Crippen LogP contribution is -2.44. The van der Waals surface area contributed by atoms with Gasteiger partial charge in [-0.1, -0.05) is 19.8 Å². The van der Waals surface area contributed by atoms with Gasteiger partial charge in [-0.05, 0) is 25.3 Å². The molecular weight excluding hydrogens is 312 g/mol. The van der Waals surface area contributed by atoms with E-state index in [-0.39, 0.29) is 17.2 Å². The van der Waals surface area contributed by atoms with E-state index in [0.717, 1.165) is 37.1 Å². The molecule has 6 nitrogen and oxygen atoms in total. The molecule has 1 saturated carbocycles. The van der Waals surface area contributed by atoms with Crippen LogP contribution in [0.1, 0.15) is 54.5 Å². The molecule has 2 aromatic heterocycles. The van der Waals surface area contributed by atoms with Gasteiger partial charge in [-0.3, -0.25) is 9.59 Å². The van der Waals surface area contributed by atoms with Gasteiger partial charge in [-0.25, -0.2) is 9.67 Å². The predicted molar refractivity (Wildman–Crippen MR) is 88.5 cm³/mol. The standard InChI is InChI=1S/C16H20N4O2S/c1-2-10-20-13(21)6-5-12(19-20)14(22)18-16(7-3-4-8-16)15-17-9-11-23-15/h5-6,9,11H,2-4,7-8,10H2,1H3,(H,18,22). The average Bonchev–Trinajstić information content (AvgIpc) is 3.21. The van der Waals surface area contributed by atoms with Gasteiger partial charge in [0, 0.05) is 24.2 Å². The lowest BCUT2D eigenvalue weighted by molar-refractivity contribution is 0.0890. The molecule has 7 heteroatoms. The molecule has 0 bridgehead atoms. The number of aromatic nitrogens is 3. The summed E-state index contributed by atoms with van der Waals surface area (Å²) in [6, 6.07) is 2.90. The monoisotopic (exact) mass is 332 g/mol. The van der Waals surface area contributed by atoms with Gasteiger partial charge in [0.1, 0.15) is 10.7 Å². The number of amides is 1. The minimum atomic E-state index is -0.390. The van der Waals surface area contributed by atoms with Gasteiger partial charge in [0.2, 0.25) is 0 Å². The second kappa shape index (κ2) is 6.62. The summed E-state index contributed by atoms with van der Waals surface area (Å²) in [5.41, 5.74) is -0.293. The van der Waals surface area contributed by atoms with E-state index in [1.165, 1.54) is 16.8 Å². The van der Waals surface area contributed by atoms with Crippen molar-refractivity contribution in [2.75, 3.05) is 0 Å². The van der Waals surface area contributed by atoms with Gasteiger partial charge in [0.15, 0.2) is 0 Å². The largest absolute Gasteiger partial charge is 0.339 e. The summed E-state index contributed by atoms with van der Waals surface area (Å²) in [6.07, 6.45) is 6.49. The lowest BCUT2D eigenvalue weighted by Gasteiger charge is -2.28. The van der Waals surface area contributed by atoms with Gasteiger partial charge in [-0.2, -0.15) is 5.10 Å². The maximum Gasteiger partial charge on any atom is 0.272 e. The van der Waals surface area contributed by atoms with E-state index in [0.29, 0.717) is 6.54 Å². The van der Waals surface area contributed by atoms with Crippen molar-refractivity contribution < 1.29 is 4.79 Å². The highest BCUT2D eigenvalue weighted by molar-refractivity contribution is 7.09. The summed E-state index contributed by atoms with van der Waals surface area (Å²) in [5.74, 6) is -0.244. The Morgan fingerprint density at radius 1 is 1.39 bits per heavy atom. The molecule has 0 aromatic carbocycles. The first kappa shape index (κ1) is 15.9. The second-order valence-corrected chi connectivity index (χ2v) is 6.76. The fourth-order valence-electron chi connectivity index (χ4n) is 3.05. The summed E-state index contributed by atoms with van der Waals surface area (Å²) in [5, 5.41) is 10.2. The summed E-state index contributed by atoms with van der Waals surface area (Å²) >= 11 is 1.57. The molecule has 1 amide bonds. The Bertz CT molecular complexity index is 733. The molecule has 2 aromatic rings. The molecular formula is C16H20N4O2S. The van der Waals surface area contributed by atoms with Crippen molar-refractivity contribution in [3.63, 3.8) is 0 Å². The third kappa shape index (κ3) is 3.19. The third-order valence-corrected chi connectivity index (χ3v) is 5.16. The molecule has 0 radical (unpaired) electrons. The van der Waals surface area contributed by atoms with Crippen molar-refractivity contribution in [1.29, 1.82) is 0 Å². The summed E-state index contributed by atoms with van der Waals surface area (Å²) in [6.45, 7) is 2.48. The van der Waals surface area contributed by atoms with E-state index in [4.69, 9.17) is 0 Å². The van der Waals surface area contributed by atoms with Crippen LogP contribution in [0.2, 0.25) is 0 Å². The Kier molecular flexibility index (Phi) is 4.56. The Morgan fingerprint density at radius 2 is 2.17 bits per heavy atom. The highest BCUT2D eigenvalue weighted by atomic mass is 32.1. The molecule has 23 heavy (non-hydrogen) atoms. The molecule has 2 heterocycles. The van der Waals surface area contributed by atoms with Gasteiger partial charge < -0.3 is 5.32 Å². The van der Waals surface area contributed by atoms with Crippen LogP contribution in [0.4, 0.5) is 0 Å². The van der Waals surface area contributed by atoms with Crippen LogP contribution in [0.15, 0.2) is 28.5 Å². The van der Waals surface area contributed by atoms with Crippen LogP contribution in [0.5, 0.6) is 0 Å². The maximum atomic E-state index is 12.7. The summed E-state index contributed by atoms with van der Waals surface area (Å²) in [4.78, 5) is 28.8. The molecule has 1 aliphatic rings. The molecule has 3 rings (SSSR count). The number of hydrogen-bond donors (Lipinski definition) is 1. The van der Waals surface area contributed by atoms with E-state index in [1.54, 1.807) is 17.5 Å². The minimum absolute atomic E-state index is 0.182. The van der Waals surface area contributed by atoms with Crippen molar-refractivity contribution in [3.8, 4) is 0 Å². The number of nitrogens with one attached hydrogen (secondary N) is 1. The van der Waals surface area contributed by atoms with Crippen LogP contribution >= 0.6 is 11.3 Å². The molecule has 122 valence electrons. The normalized spacial score (nSPS) is 16.4. The number of carbonyl (C=O) groups excluding carboxylic acids is 1. The molecule has 0 spiro atoms. The van der Waals surface area contributed by atoms with E-state index in [1.807, 2.05) is 12.3 Å². The van der Waals surface area contributed by atoms with Gasteiger partial charge in [-0.15, -0.1) is 11.3 Å². The van der Waals surface area contributed by atoms with E-state index < -0.39 is 5.54 Å². The van der Waals surface area contributed by atoms with Gasteiger partial charge in [0.05, 0.1) is 5.54 Å². The fraction of sp³-hybridized carbons (Fsp3) is 0.500. The first-order valence-electron chi connectivity index (χ1n) is 7.95. The Labute approximate surface area is 138 Å². The predicted octanol–water partition coefficient (Wildman–Crippen LogP) is 2.31. The lowest BCUT2D eigenvalue weighted by atomic mass is 9.98. The average molecular weight is 332 g/mol. The van der Waals surface area contributed by atoms with Gasteiger partial charge in [0.25, 0.3) is 11.5 Å². The zero-order chi connectivity index (χ0) is 16.3. The van der Waals surface area contributed by atoms with E-state index in [9.17, 15) is 9.59 Å². The molecule has 1 aliphatic carbocycles. The van der Waals surface area contributed by atoms with Crippen LogP contribution < -0.4 is 10.9 Å². The Hall–Kier alpha value is -2.02. The molecule has 0 saturated heterocycles. The Morgan fingerprint density at radius 3 is 2.83 bits per heavy atom. The maximum absolute atomic E-state index is 12.7. The minimum Gasteiger partial charge on any atom is -0.339 e. The molecule has 0 unspecified atom stereocenters. The second-order valence-electron chi connectivity index (χ2n) is 5.86. The number of thiazole rings is 1. The SMILES string of the molecule is CCCn1nc(C(=O)NC2(c3nccs3)CCCC2)ccc1=O. The molecule has 0 aliphatic heterocycles. The third-order valence-electron chi connectivity index (χ3n) is 4.19. The summed E-state index contributed by atoms with van der Waals surface area (Å²) in [7, 11) is 0. The number of hydrogen-bond acceptors (Lipinski definition) is 5. The number of carbonyl (C=O) groups is 1. The topological polar surface area (TPSA) is 76.9 Å². The molecule has 1 N–H and O–H groups in total. The van der Waals surface area contributed by atoms with E-state index in [2.05, 4.69) is 15.4 Å². The van der Waals surface area contributed by atoms with Crippen LogP contribution in [-0.2, 0) is 12.1 Å². The van der Waals surface area contributed by atoms with Crippen LogP contribution in [0, 0.1) is 0 Å². The van der Waals surface area contributed by atoms with Crippen LogP contribution in [-0.4, -0.2) is 20.7 Å². The number of nitrogens with zero attached hydrogens (tertiary/aromatic N) is 3. The van der Waals surface area contributed by atoms with Crippen molar-refractivity contribution in [2.24, 2.45) is 0 Å².